The number of ether oxygens (including phenoxy) is 2. The van der Waals surface area contributed by atoms with Gasteiger partial charge < -0.3 is 25.2 Å². The summed E-state index contributed by atoms with van der Waals surface area (Å²) in [5, 5.41) is 14.6. The second-order valence-electron chi connectivity index (χ2n) is 9.49. The summed E-state index contributed by atoms with van der Waals surface area (Å²) >= 11 is 0. The topological polar surface area (TPSA) is 114 Å². The number of carbonyl (C=O) groups excluding carboxylic acids is 2. The molecule has 1 fully saturated rings. The second-order valence-corrected chi connectivity index (χ2v) is 9.49. The molecule has 0 bridgehead atoms. The van der Waals surface area contributed by atoms with Gasteiger partial charge in [-0.3, -0.25) is 9.59 Å². The monoisotopic (exact) mass is 480 g/mol. The maximum absolute atomic E-state index is 12.5. The number of carbonyl (C=O) groups is 3. The Labute approximate surface area is 205 Å². The predicted octanol–water partition coefficient (Wildman–Crippen LogP) is 3.69. The third kappa shape index (κ3) is 5.82. The molecule has 1 aliphatic heterocycles. The number of carboxylic acids is 1. The predicted molar refractivity (Wildman–Crippen MR) is 130 cm³/mol. The van der Waals surface area contributed by atoms with E-state index >= 15 is 0 Å². The Morgan fingerprint density at radius 1 is 1.03 bits per heavy atom. The average molecular weight is 481 g/mol. The van der Waals surface area contributed by atoms with Crippen LogP contribution < -0.4 is 10.6 Å². The summed E-state index contributed by atoms with van der Waals surface area (Å²) in [4.78, 5) is 36.0. The van der Waals surface area contributed by atoms with E-state index in [9.17, 15) is 14.4 Å². The Balaban J connectivity index is 1.24. The van der Waals surface area contributed by atoms with Crippen LogP contribution >= 0.6 is 0 Å². The molecule has 1 aliphatic carbocycles. The second kappa shape index (κ2) is 10.9. The highest BCUT2D eigenvalue weighted by Crippen LogP contribution is 2.44. The number of nitrogens with one attached hydrogen (secondary N) is 2. The van der Waals surface area contributed by atoms with Gasteiger partial charge in [0, 0.05) is 18.5 Å². The minimum absolute atomic E-state index is 0.0105. The first-order valence-electron chi connectivity index (χ1n) is 12.1. The highest BCUT2D eigenvalue weighted by Gasteiger charge is 2.33. The number of hydrogen-bond acceptors (Lipinski definition) is 5. The molecule has 0 radical (unpaired) electrons. The summed E-state index contributed by atoms with van der Waals surface area (Å²) < 4.78 is 11.3. The van der Waals surface area contributed by atoms with E-state index in [-0.39, 0.29) is 43.4 Å². The lowest BCUT2D eigenvalue weighted by atomic mass is 9.98. The SMILES string of the molecule is CC(C)[C@H](CC(=O)O)NC(=O)C1CCC(CNC(=O)OCC2c3ccccc3-c3ccccc32)O1. The van der Waals surface area contributed by atoms with Gasteiger partial charge in [-0.05, 0) is 41.0 Å². The van der Waals surface area contributed by atoms with Crippen LogP contribution in [0.5, 0.6) is 0 Å². The third-order valence-corrected chi connectivity index (χ3v) is 6.74. The number of amides is 2. The summed E-state index contributed by atoms with van der Waals surface area (Å²) in [7, 11) is 0. The highest BCUT2D eigenvalue weighted by atomic mass is 16.5. The molecule has 3 atom stereocenters. The van der Waals surface area contributed by atoms with Crippen molar-refractivity contribution in [3.63, 3.8) is 0 Å². The molecule has 186 valence electrons. The molecule has 4 rings (SSSR count). The summed E-state index contributed by atoms with van der Waals surface area (Å²) in [6.45, 7) is 4.20. The molecule has 35 heavy (non-hydrogen) atoms. The van der Waals surface area contributed by atoms with Crippen molar-refractivity contribution < 1.29 is 29.0 Å². The standard InChI is InChI=1S/C27H32N2O6/c1-16(2)23(13-25(30)31)29-26(32)24-12-11-17(35-24)14-28-27(33)34-15-22-20-9-5-3-7-18(20)19-8-4-6-10-21(19)22/h3-10,16-17,22-24H,11-15H2,1-2H3,(H,28,33)(H,29,32)(H,30,31)/t17?,23-,24?/m0/s1. The summed E-state index contributed by atoms with van der Waals surface area (Å²) in [6.07, 6.45) is -0.483. The van der Waals surface area contributed by atoms with E-state index in [0.29, 0.717) is 12.8 Å². The van der Waals surface area contributed by atoms with E-state index in [1.165, 1.54) is 11.1 Å². The maximum Gasteiger partial charge on any atom is 0.407 e. The third-order valence-electron chi connectivity index (χ3n) is 6.74. The zero-order valence-corrected chi connectivity index (χ0v) is 20.0. The van der Waals surface area contributed by atoms with Crippen molar-refractivity contribution in [1.29, 1.82) is 0 Å². The molecule has 2 aliphatic rings. The fourth-order valence-electron chi connectivity index (χ4n) is 4.81. The Morgan fingerprint density at radius 3 is 2.26 bits per heavy atom. The number of hydrogen-bond donors (Lipinski definition) is 3. The molecule has 3 N–H and O–H groups in total. The first-order valence-corrected chi connectivity index (χ1v) is 12.1. The number of rotatable bonds is 9. The van der Waals surface area contributed by atoms with Crippen LogP contribution in [0.4, 0.5) is 4.79 Å². The lowest BCUT2D eigenvalue weighted by molar-refractivity contribution is -0.139. The van der Waals surface area contributed by atoms with Gasteiger partial charge in [0.15, 0.2) is 0 Å². The number of aliphatic carboxylic acids is 1. The lowest BCUT2D eigenvalue weighted by Gasteiger charge is -2.23. The molecular weight excluding hydrogens is 448 g/mol. The van der Waals surface area contributed by atoms with Crippen molar-refractivity contribution in [2.45, 2.75) is 57.3 Å². The molecular formula is C27H32N2O6. The largest absolute Gasteiger partial charge is 0.481 e. The summed E-state index contributed by atoms with van der Waals surface area (Å²) in [5.74, 6) is -1.29. The molecule has 0 aromatic heterocycles. The Morgan fingerprint density at radius 2 is 1.66 bits per heavy atom. The van der Waals surface area contributed by atoms with Gasteiger partial charge >= 0.3 is 12.1 Å². The molecule has 8 nitrogen and oxygen atoms in total. The minimum Gasteiger partial charge on any atom is -0.481 e. The summed E-state index contributed by atoms with van der Waals surface area (Å²) in [6, 6.07) is 15.9. The van der Waals surface area contributed by atoms with Crippen LogP contribution in [0.2, 0.25) is 0 Å². The molecule has 2 unspecified atom stereocenters. The number of benzene rings is 2. The first-order chi connectivity index (χ1) is 16.8. The van der Waals surface area contributed by atoms with E-state index in [2.05, 4.69) is 34.9 Å². The van der Waals surface area contributed by atoms with Crippen molar-refractivity contribution >= 4 is 18.0 Å². The summed E-state index contributed by atoms with van der Waals surface area (Å²) in [5.41, 5.74) is 4.64. The molecule has 2 aromatic rings. The molecule has 0 spiro atoms. The van der Waals surface area contributed by atoms with Gasteiger partial charge in [-0.1, -0.05) is 62.4 Å². The molecule has 0 saturated carbocycles. The van der Waals surface area contributed by atoms with Gasteiger partial charge in [0.2, 0.25) is 5.91 Å². The van der Waals surface area contributed by atoms with Crippen LogP contribution in [-0.2, 0) is 19.1 Å². The smallest absolute Gasteiger partial charge is 0.407 e. The molecule has 2 amide bonds. The fourth-order valence-corrected chi connectivity index (χ4v) is 4.81. The molecule has 2 aromatic carbocycles. The molecule has 1 heterocycles. The van der Waals surface area contributed by atoms with Crippen molar-refractivity contribution in [3.8, 4) is 11.1 Å². The molecule has 1 saturated heterocycles. The average Bonchev–Trinajstić information content (AvgIpc) is 3.44. The van der Waals surface area contributed by atoms with E-state index < -0.39 is 24.2 Å². The van der Waals surface area contributed by atoms with Gasteiger partial charge in [0.25, 0.3) is 0 Å². The Kier molecular flexibility index (Phi) is 7.70. The fraction of sp³-hybridized carbons (Fsp3) is 0.444. The van der Waals surface area contributed by atoms with Gasteiger partial charge in [0.1, 0.15) is 12.7 Å². The normalized spacial score (nSPS) is 19.6. The van der Waals surface area contributed by atoms with Crippen LogP contribution in [0.25, 0.3) is 11.1 Å². The highest BCUT2D eigenvalue weighted by molar-refractivity contribution is 5.82. The van der Waals surface area contributed by atoms with Crippen LogP contribution in [-0.4, -0.2) is 54.5 Å². The van der Waals surface area contributed by atoms with Crippen LogP contribution in [0, 0.1) is 5.92 Å². The minimum atomic E-state index is -0.957. The van der Waals surface area contributed by atoms with E-state index in [1.807, 2.05) is 38.1 Å². The quantitative estimate of drug-likeness (QED) is 0.504. The van der Waals surface area contributed by atoms with Crippen LogP contribution in [0.15, 0.2) is 48.5 Å². The van der Waals surface area contributed by atoms with Crippen molar-refractivity contribution in [2.75, 3.05) is 13.2 Å². The van der Waals surface area contributed by atoms with Crippen LogP contribution in [0.1, 0.15) is 50.2 Å². The van der Waals surface area contributed by atoms with Gasteiger partial charge in [0.05, 0.1) is 12.5 Å². The van der Waals surface area contributed by atoms with Crippen molar-refractivity contribution in [2.24, 2.45) is 5.92 Å². The maximum atomic E-state index is 12.5. The lowest BCUT2D eigenvalue weighted by Crippen LogP contribution is -2.45. The van der Waals surface area contributed by atoms with E-state index in [4.69, 9.17) is 14.6 Å². The van der Waals surface area contributed by atoms with E-state index in [0.717, 1.165) is 11.1 Å². The van der Waals surface area contributed by atoms with Gasteiger partial charge in [-0.2, -0.15) is 0 Å². The first kappa shape index (κ1) is 24.7. The zero-order valence-electron chi connectivity index (χ0n) is 20.0. The van der Waals surface area contributed by atoms with Crippen LogP contribution in [0.3, 0.4) is 0 Å². The number of fused-ring (bicyclic) bond motifs is 3. The zero-order chi connectivity index (χ0) is 24.9. The van der Waals surface area contributed by atoms with E-state index in [1.54, 1.807) is 0 Å². The Bertz CT molecular complexity index is 1040. The number of alkyl carbamates (subject to hydrolysis) is 1. The van der Waals surface area contributed by atoms with Crippen molar-refractivity contribution in [1.82, 2.24) is 10.6 Å². The number of carboxylic acid groups (broad SMARTS) is 1. The molecule has 8 heteroatoms. The van der Waals surface area contributed by atoms with Crippen molar-refractivity contribution in [3.05, 3.63) is 59.7 Å². The Hall–Kier alpha value is -3.39. The van der Waals surface area contributed by atoms with Gasteiger partial charge in [-0.15, -0.1) is 0 Å². The van der Waals surface area contributed by atoms with Gasteiger partial charge in [-0.25, -0.2) is 4.79 Å².